The van der Waals surface area contributed by atoms with E-state index in [1.54, 1.807) is 0 Å². The Kier molecular flexibility index (Phi) is 4.80. The van der Waals surface area contributed by atoms with E-state index in [0.29, 0.717) is 14.3 Å². The van der Waals surface area contributed by atoms with E-state index in [4.69, 9.17) is 0 Å². The van der Waals surface area contributed by atoms with Crippen molar-refractivity contribution in [3.63, 3.8) is 0 Å². The van der Waals surface area contributed by atoms with E-state index < -0.39 is 0 Å². The summed E-state index contributed by atoms with van der Waals surface area (Å²) in [6.07, 6.45) is 0. The number of benzene rings is 2. The van der Waals surface area contributed by atoms with Crippen LogP contribution in [-0.2, 0) is 6.54 Å². The van der Waals surface area contributed by atoms with Crippen molar-refractivity contribution in [3.05, 3.63) is 53.1 Å². The first-order valence-electron chi connectivity index (χ1n) is 6.77. The van der Waals surface area contributed by atoms with Gasteiger partial charge in [-0.2, -0.15) is 0 Å². The molecule has 0 bridgehead atoms. The first-order valence-corrected chi connectivity index (χ1v) is 7.77. The van der Waals surface area contributed by atoms with Gasteiger partial charge >= 0.3 is 0 Å². The van der Waals surface area contributed by atoms with Gasteiger partial charge in [-0.25, -0.2) is 0 Å². The zero-order valence-electron chi connectivity index (χ0n) is 12.6. The Morgan fingerprint density at radius 1 is 1.05 bits per heavy atom. The van der Waals surface area contributed by atoms with Gasteiger partial charge in [0.25, 0.3) is 0 Å². The van der Waals surface area contributed by atoms with Crippen LogP contribution in [0, 0.1) is 13.8 Å². The summed E-state index contributed by atoms with van der Waals surface area (Å²) in [6, 6.07) is 12.6. The molecule has 0 saturated carbocycles. The lowest BCUT2D eigenvalue weighted by molar-refractivity contribution is 0.403. The van der Waals surface area contributed by atoms with Crippen LogP contribution in [0.3, 0.4) is 0 Å². The van der Waals surface area contributed by atoms with E-state index in [1.165, 1.54) is 16.4 Å². The summed E-state index contributed by atoms with van der Waals surface area (Å²) in [5.41, 5.74) is 3.49. The van der Waals surface area contributed by atoms with Crippen molar-refractivity contribution in [1.82, 2.24) is 4.90 Å². The predicted molar refractivity (Wildman–Crippen MR) is 89.0 cm³/mol. The van der Waals surface area contributed by atoms with Crippen LogP contribution in [0.1, 0.15) is 16.7 Å². The molecule has 0 saturated heterocycles. The Balaban J connectivity index is 2.35. The summed E-state index contributed by atoms with van der Waals surface area (Å²) < 4.78 is 0. The molecule has 106 valence electrons. The molecule has 1 unspecified atom stereocenters. The summed E-state index contributed by atoms with van der Waals surface area (Å²) in [5, 5.41) is 12.6. The van der Waals surface area contributed by atoms with E-state index >= 15 is 0 Å². The van der Waals surface area contributed by atoms with Crippen molar-refractivity contribution in [3.8, 4) is 5.75 Å². The summed E-state index contributed by atoms with van der Waals surface area (Å²) in [7, 11) is 4.65. The molecule has 0 aliphatic heterocycles. The van der Waals surface area contributed by atoms with E-state index in [2.05, 4.69) is 56.3 Å². The highest BCUT2D eigenvalue weighted by atomic mass is 31.1. The fourth-order valence-electron chi connectivity index (χ4n) is 2.32. The molecule has 0 aliphatic rings. The summed E-state index contributed by atoms with van der Waals surface area (Å²) >= 11 is 0. The topological polar surface area (TPSA) is 23.5 Å². The lowest BCUT2D eigenvalue weighted by Gasteiger charge is -2.15. The minimum Gasteiger partial charge on any atom is -0.507 e. The predicted octanol–water partition coefficient (Wildman–Crippen LogP) is 2.70. The second-order valence-corrected chi connectivity index (χ2v) is 6.83. The van der Waals surface area contributed by atoms with Gasteiger partial charge in [0.15, 0.2) is 0 Å². The largest absolute Gasteiger partial charge is 0.507 e. The lowest BCUT2D eigenvalue weighted by atomic mass is 10.1. The van der Waals surface area contributed by atoms with Gasteiger partial charge in [0.2, 0.25) is 0 Å². The van der Waals surface area contributed by atoms with Gasteiger partial charge in [-0.3, -0.25) is 0 Å². The number of nitrogens with zero attached hydrogens (tertiary/aromatic N) is 1. The molecule has 1 N–H and O–H groups in total. The third-order valence-electron chi connectivity index (χ3n) is 3.22. The first kappa shape index (κ1) is 15.0. The molecule has 2 aromatic carbocycles. The van der Waals surface area contributed by atoms with Crippen molar-refractivity contribution in [2.75, 3.05) is 14.1 Å². The Bertz CT molecular complexity index is 608. The fraction of sp³-hybridized carbons (Fsp3) is 0.294. The highest BCUT2D eigenvalue weighted by molar-refractivity contribution is 7.55. The molecule has 2 nitrogen and oxygen atoms in total. The Labute approximate surface area is 123 Å². The van der Waals surface area contributed by atoms with Gasteiger partial charge in [0, 0.05) is 11.8 Å². The molecule has 3 heteroatoms. The van der Waals surface area contributed by atoms with Gasteiger partial charge in [-0.05, 0) is 56.0 Å². The van der Waals surface area contributed by atoms with Crippen LogP contribution in [0.25, 0.3) is 0 Å². The zero-order valence-corrected chi connectivity index (χ0v) is 13.6. The number of phenols is 1. The molecule has 2 rings (SSSR count). The Morgan fingerprint density at radius 2 is 1.75 bits per heavy atom. The van der Waals surface area contributed by atoms with Crippen molar-refractivity contribution in [2.24, 2.45) is 0 Å². The van der Waals surface area contributed by atoms with Crippen molar-refractivity contribution >= 4 is 19.2 Å². The van der Waals surface area contributed by atoms with Gasteiger partial charge in [-0.15, -0.1) is 0 Å². The molecule has 0 aromatic heterocycles. The monoisotopic (exact) mass is 287 g/mol. The highest BCUT2D eigenvalue weighted by Gasteiger charge is 2.09. The summed E-state index contributed by atoms with van der Waals surface area (Å²) in [5.74, 6) is 0.439. The second-order valence-electron chi connectivity index (χ2n) is 5.50. The summed E-state index contributed by atoms with van der Waals surface area (Å²) in [4.78, 5) is 2.17. The number of aryl methyl sites for hydroxylation is 2. The van der Waals surface area contributed by atoms with Crippen LogP contribution in [-0.4, -0.2) is 24.1 Å². The quantitative estimate of drug-likeness (QED) is 0.874. The smallest absolute Gasteiger partial charge is 0.126 e. The Hall–Kier alpha value is -1.37. The fourth-order valence-corrected chi connectivity index (χ4v) is 3.73. The highest BCUT2D eigenvalue weighted by Crippen LogP contribution is 2.24. The minimum atomic E-state index is 0.439. The molecule has 0 fully saturated rings. The van der Waals surface area contributed by atoms with Gasteiger partial charge in [0.1, 0.15) is 5.75 Å². The molecule has 20 heavy (non-hydrogen) atoms. The third-order valence-corrected chi connectivity index (χ3v) is 4.63. The first-order chi connectivity index (χ1) is 9.47. The SMILES string of the molecule is Cc1cc(C)c(O)c(Pc2ccccc2CN(C)C)c1. The van der Waals surface area contributed by atoms with Crippen LogP contribution in [0.2, 0.25) is 0 Å². The van der Waals surface area contributed by atoms with Crippen molar-refractivity contribution in [1.29, 1.82) is 0 Å². The van der Waals surface area contributed by atoms with Crippen molar-refractivity contribution < 1.29 is 5.11 Å². The molecule has 0 heterocycles. The maximum absolute atomic E-state index is 10.3. The molecule has 0 amide bonds. The van der Waals surface area contributed by atoms with E-state index in [0.717, 1.165) is 17.4 Å². The number of hydrogen-bond donors (Lipinski definition) is 1. The van der Waals surface area contributed by atoms with Crippen molar-refractivity contribution in [2.45, 2.75) is 20.4 Å². The number of phenolic OH excluding ortho intramolecular Hbond substituents is 1. The molecule has 2 aromatic rings. The maximum atomic E-state index is 10.3. The average Bonchev–Trinajstić information content (AvgIpc) is 2.37. The standard InChI is InChI=1S/C17H22NOP/c1-12-9-13(2)17(19)16(10-12)20-15-8-6-5-7-14(15)11-18(3)4/h5-10,19-20H,11H2,1-4H3. The van der Waals surface area contributed by atoms with Crippen LogP contribution in [0.5, 0.6) is 5.75 Å². The summed E-state index contributed by atoms with van der Waals surface area (Å²) in [6.45, 7) is 4.96. The van der Waals surface area contributed by atoms with Gasteiger partial charge in [-0.1, -0.05) is 38.9 Å². The molecule has 0 spiro atoms. The molecular formula is C17H22NOP. The molecule has 0 aliphatic carbocycles. The number of rotatable bonds is 4. The second kappa shape index (κ2) is 6.39. The van der Waals surface area contributed by atoms with Gasteiger partial charge in [0.05, 0.1) is 0 Å². The van der Waals surface area contributed by atoms with E-state index in [-0.39, 0.29) is 0 Å². The van der Waals surface area contributed by atoms with Crippen LogP contribution in [0.4, 0.5) is 0 Å². The van der Waals surface area contributed by atoms with Crippen LogP contribution < -0.4 is 10.6 Å². The van der Waals surface area contributed by atoms with Crippen LogP contribution in [0.15, 0.2) is 36.4 Å². The Morgan fingerprint density at radius 3 is 2.45 bits per heavy atom. The van der Waals surface area contributed by atoms with Gasteiger partial charge < -0.3 is 10.0 Å². The normalized spacial score (nSPS) is 11.7. The number of hydrogen-bond acceptors (Lipinski definition) is 2. The minimum absolute atomic E-state index is 0.439. The van der Waals surface area contributed by atoms with E-state index in [9.17, 15) is 5.11 Å². The average molecular weight is 287 g/mol. The molecule has 1 atom stereocenters. The molecular weight excluding hydrogens is 265 g/mol. The van der Waals surface area contributed by atoms with E-state index in [1.807, 2.05) is 13.0 Å². The maximum Gasteiger partial charge on any atom is 0.126 e. The molecule has 0 radical (unpaired) electrons. The lowest BCUT2D eigenvalue weighted by Crippen LogP contribution is -2.17. The zero-order chi connectivity index (χ0) is 14.7. The van der Waals surface area contributed by atoms with Crippen LogP contribution >= 0.6 is 8.58 Å². The third kappa shape index (κ3) is 3.59. The number of aromatic hydroxyl groups is 1.